The Morgan fingerprint density at radius 1 is 0.600 bits per heavy atom. The molecule has 7 nitrogen and oxygen atoms in total. The topological polar surface area (TPSA) is 113 Å². The second-order valence-electron chi connectivity index (χ2n) is 9.18. The molecule has 1 aromatic carbocycles. The van der Waals surface area contributed by atoms with Gasteiger partial charge in [-0.25, -0.2) is 9.59 Å². The lowest BCUT2D eigenvalue weighted by molar-refractivity contribution is 0.0514. The molecule has 0 spiro atoms. The van der Waals surface area contributed by atoms with Crippen molar-refractivity contribution in [2.45, 2.75) is 19.8 Å². The lowest BCUT2D eigenvalue weighted by atomic mass is 9.82. The van der Waals surface area contributed by atoms with Crippen LogP contribution >= 0.6 is 0 Å². The van der Waals surface area contributed by atoms with Gasteiger partial charge >= 0.3 is 11.9 Å². The summed E-state index contributed by atoms with van der Waals surface area (Å²) in [6.07, 6.45) is 0. The van der Waals surface area contributed by atoms with E-state index in [0.717, 1.165) is 0 Å². The molecule has 0 aliphatic heterocycles. The third kappa shape index (κ3) is 4.35. The van der Waals surface area contributed by atoms with Crippen molar-refractivity contribution in [3.05, 3.63) is 113 Å². The van der Waals surface area contributed by atoms with Crippen molar-refractivity contribution in [1.29, 1.82) is 0 Å². The normalized spacial score (nSPS) is 11.2. The van der Waals surface area contributed by atoms with Crippen LogP contribution in [0.3, 0.4) is 0 Å². The molecule has 7 heteroatoms. The van der Waals surface area contributed by atoms with E-state index in [9.17, 15) is 24.9 Å². The van der Waals surface area contributed by atoms with Gasteiger partial charge in [0.05, 0.1) is 13.2 Å². The average Bonchev–Trinajstić information content (AvgIpc) is 3.12. The van der Waals surface area contributed by atoms with Crippen molar-refractivity contribution in [1.82, 2.24) is 0 Å². The molecule has 0 aromatic heterocycles. The number of aromatic hydroxyl groups is 3. The van der Waals surface area contributed by atoms with E-state index in [0.29, 0.717) is 27.8 Å². The van der Waals surface area contributed by atoms with Gasteiger partial charge in [-0.3, -0.25) is 0 Å². The summed E-state index contributed by atoms with van der Waals surface area (Å²) in [5.74, 6) is -3.16. The highest BCUT2D eigenvalue weighted by Crippen LogP contribution is 2.56. The predicted molar refractivity (Wildman–Crippen MR) is 150 cm³/mol. The quantitative estimate of drug-likeness (QED) is 0.202. The number of ether oxygens (including phenoxy) is 2. The zero-order chi connectivity index (χ0) is 28.4. The Hall–Kier alpha value is -5.04. The SMILES string of the molecule is CCOC(=O)c1c2cccccc-2c(C(c2ccccc2O)c2c3cccccc-3c(C(=O)OCC)c2O)c1O. The number of rotatable bonds is 7. The summed E-state index contributed by atoms with van der Waals surface area (Å²) >= 11 is 0. The Morgan fingerprint density at radius 3 is 1.43 bits per heavy atom. The molecule has 4 aliphatic carbocycles. The molecule has 40 heavy (non-hydrogen) atoms. The summed E-state index contributed by atoms with van der Waals surface area (Å²) in [5, 5.41) is 34.5. The summed E-state index contributed by atoms with van der Waals surface area (Å²) < 4.78 is 10.6. The van der Waals surface area contributed by atoms with Gasteiger partial charge in [0, 0.05) is 33.7 Å². The molecular weight excluding hydrogens is 508 g/mol. The van der Waals surface area contributed by atoms with Crippen LogP contribution in [0.4, 0.5) is 0 Å². The zero-order valence-electron chi connectivity index (χ0n) is 22.0. The van der Waals surface area contributed by atoms with Crippen LogP contribution in [0.15, 0.2) is 84.9 Å². The largest absolute Gasteiger partial charge is 0.508 e. The van der Waals surface area contributed by atoms with Gasteiger partial charge in [0.15, 0.2) is 0 Å². The van der Waals surface area contributed by atoms with E-state index in [2.05, 4.69) is 0 Å². The van der Waals surface area contributed by atoms with Crippen LogP contribution in [0.25, 0.3) is 22.3 Å². The smallest absolute Gasteiger partial charge is 0.342 e. The molecule has 0 unspecified atom stereocenters. The van der Waals surface area contributed by atoms with Gasteiger partial charge in [-0.15, -0.1) is 0 Å². The van der Waals surface area contributed by atoms with Crippen molar-refractivity contribution < 1.29 is 34.4 Å². The second kappa shape index (κ2) is 11.0. The van der Waals surface area contributed by atoms with Gasteiger partial charge < -0.3 is 24.8 Å². The highest BCUT2D eigenvalue weighted by Gasteiger charge is 2.39. The molecule has 1 aromatic rings. The summed E-state index contributed by atoms with van der Waals surface area (Å²) in [6.45, 7) is 3.57. The van der Waals surface area contributed by atoms with Crippen LogP contribution < -0.4 is 0 Å². The fourth-order valence-corrected chi connectivity index (χ4v) is 5.37. The Morgan fingerprint density at radius 2 is 1.00 bits per heavy atom. The molecule has 0 fully saturated rings. The van der Waals surface area contributed by atoms with E-state index >= 15 is 0 Å². The van der Waals surface area contributed by atoms with Gasteiger partial charge in [0.2, 0.25) is 0 Å². The van der Waals surface area contributed by atoms with E-state index in [1.54, 1.807) is 92.7 Å². The average molecular weight is 537 g/mol. The van der Waals surface area contributed by atoms with Crippen LogP contribution in [0.5, 0.6) is 17.2 Å². The maximum absolute atomic E-state index is 13.1. The minimum absolute atomic E-state index is 0.0185. The van der Waals surface area contributed by atoms with Gasteiger partial charge in [0.25, 0.3) is 0 Å². The Labute approximate surface area is 231 Å². The van der Waals surface area contributed by atoms with Gasteiger partial charge in [0.1, 0.15) is 28.4 Å². The number of benzene rings is 1. The van der Waals surface area contributed by atoms with Crippen LogP contribution in [0.1, 0.15) is 57.2 Å². The maximum atomic E-state index is 13.1. The molecule has 3 N–H and O–H groups in total. The molecular formula is C33H28O7. The number of hydrogen-bond acceptors (Lipinski definition) is 7. The third-order valence-electron chi connectivity index (χ3n) is 6.96. The molecule has 0 bridgehead atoms. The molecule has 0 radical (unpaired) electrons. The molecule has 0 atom stereocenters. The summed E-state index contributed by atoms with van der Waals surface area (Å²) in [4.78, 5) is 26.2. The maximum Gasteiger partial charge on any atom is 0.342 e. The van der Waals surface area contributed by atoms with E-state index in [4.69, 9.17) is 9.47 Å². The summed E-state index contributed by atoms with van der Waals surface area (Å²) in [7, 11) is 0. The lowest BCUT2D eigenvalue weighted by Crippen LogP contribution is -2.06. The molecule has 5 rings (SSSR count). The van der Waals surface area contributed by atoms with Gasteiger partial charge in [-0.2, -0.15) is 0 Å². The number of carbonyl (C=O) groups is 2. The number of para-hydroxylation sites is 1. The summed E-state index contributed by atoms with van der Waals surface area (Å²) in [6, 6.07) is 24.1. The van der Waals surface area contributed by atoms with E-state index in [1.165, 1.54) is 6.07 Å². The zero-order valence-corrected chi connectivity index (χ0v) is 22.0. The minimum Gasteiger partial charge on any atom is -0.508 e. The van der Waals surface area contributed by atoms with Crippen LogP contribution in [-0.2, 0) is 9.47 Å². The van der Waals surface area contributed by atoms with Gasteiger partial charge in [-0.1, -0.05) is 78.9 Å². The monoisotopic (exact) mass is 536 g/mol. The third-order valence-corrected chi connectivity index (χ3v) is 6.96. The molecule has 0 amide bonds. The van der Waals surface area contributed by atoms with Crippen LogP contribution in [0, 0.1) is 0 Å². The first-order valence-corrected chi connectivity index (χ1v) is 13.0. The summed E-state index contributed by atoms with van der Waals surface area (Å²) in [5.41, 5.74) is 2.81. The fraction of sp³-hybridized carbons (Fsp3) is 0.152. The molecule has 0 heterocycles. The fourth-order valence-electron chi connectivity index (χ4n) is 5.37. The number of phenolic OH excluding ortho intramolecular Hbond substituents is 1. The number of phenols is 1. The first-order chi connectivity index (χ1) is 19.4. The highest BCUT2D eigenvalue weighted by atomic mass is 16.5. The molecule has 4 aliphatic rings. The van der Waals surface area contributed by atoms with E-state index in [-0.39, 0.29) is 52.7 Å². The Kier molecular flexibility index (Phi) is 7.29. The van der Waals surface area contributed by atoms with Crippen LogP contribution in [-0.4, -0.2) is 40.5 Å². The van der Waals surface area contributed by atoms with E-state index in [1.807, 2.05) is 0 Å². The molecule has 202 valence electrons. The second-order valence-corrected chi connectivity index (χ2v) is 9.18. The standard InChI is InChI=1S/C33H28O7/c1-3-39-32(37)28-21-15-9-5-7-13-19(21)26(30(28)35)25(23-17-11-12-18-24(23)34)27-20-14-8-6-10-16-22(20)29(31(27)36)33(38)40-4-2/h5-18,25,34-36H,3-4H2,1-2H3. The van der Waals surface area contributed by atoms with Crippen LogP contribution in [0.2, 0.25) is 0 Å². The van der Waals surface area contributed by atoms with Gasteiger partial charge in [-0.05, 0) is 31.0 Å². The van der Waals surface area contributed by atoms with Crippen molar-refractivity contribution in [2.24, 2.45) is 0 Å². The highest BCUT2D eigenvalue weighted by molar-refractivity contribution is 6.06. The first-order valence-electron chi connectivity index (χ1n) is 13.0. The molecule has 0 saturated heterocycles. The Balaban J connectivity index is 1.93. The van der Waals surface area contributed by atoms with Crippen molar-refractivity contribution in [3.63, 3.8) is 0 Å². The lowest BCUT2D eigenvalue weighted by Gasteiger charge is -2.21. The minimum atomic E-state index is -0.998. The van der Waals surface area contributed by atoms with Crippen molar-refractivity contribution >= 4 is 11.9 Å². The van der Waals surface area contributed by atoms with Crippen molar-refractivity contribution in [3.8, 4) is 39.5 Å². The number of esters is 2. The first kappa shape index (κ1) is 26.6. The number of carbonyl (C=O) groups excluding carboxylic acids is 2. The van der Waals surface area contributed by atoms with Crippen molar-refractivity contribution in [2.75, 3.05) is 13.2 Å². The van der Waals surface area contributed by atoms with E-state index < -0.39 is 17.9 Å². The molecule has 0 saturated carbocycles. The Bertz CT molecular complexity index is 1550. The predicted octanol–water partition coefficient (Wildman–Crippen LogP) is 6.55. The number of hydrogen-bond donors (Lipinski definition) is 3. The number of fused-ring (bicyclic) bond motifs is 2.